The van der Waals surface area contributed by atoms with E-state index in [1.54, 1.807) is 6.07 Å². The molecule has 4 nitrogen and oxygen atoms in total. The zero-order valence-electron chi connectivity index (χ0n) is 19.5. The van der Waals surface area contributed by atoms with Gasteiger partial charge in [0.15, 0.2) is 0 Å². The van der Waals surface area contributed by atoms with Crippen molar-refractivity contribution >= 4 is 65.2 Å². The van der Waals surface area contributed by atoms with Gasteiger partial charge in [-0.15, -0.1) is 0 Å². The lowest BCUT2D eigenvalue weighted by Crippen LogP contribution is -2.07. The van der Waals surface area contributed by atoms with E-state index in [1.165, 1.54) is 0 Å². The normalized spacial score (nSPS) is 11.3. The average molecular weight is 537 g/mol. The molecule has 0 unspecified atom stereocenters. The van der Waals surface area contributed by atoms with E-state index in [0.717, 1.165) is 43.6 Å². The van der Waals surface area contributed by atoms with Crippen molar-refractivity contribution in [2.75, 3.05) is 0 Å². The fourth-order valence-electron chi connectivity index (χ4n) is 5.57. The molecule has 5 heteroatoms. The SMILES string of the molecule is [C-]#[N+]c1cc(Br)c(C#N)c(-n2c3ccccc3c3ccccc32)c1-n1c2ccccc2c2ccccc21. The number of benzene rings is 5. The van der Waals surface area contributed by atoms with E-state index in [1.807, 2.05) is 48.5 Å². The lowest BCUT2D eigenvalue weighted by Gasteiger charge is -2.20. The van der Waals surface area contributed by atoms with Crippen molar-refractivity contribution in [3.63, 3.8) is 0 Å². The molecule has 0 spiro atoms. The molecular weight excluding hydrogens is 520 g/mol. The molecule has 0 atom stereocenters. The van der Waals surface area contributed by atoms with Crippen molar-refractivity contribution in [3.8, 4) is 17.4 Å². The summed E-state index contributed by atoms with van der Waals surface area (Å²) in [5.74, 6) is 0. The minimum atomic E-state index is 0.467. The first-order valence-corrected chi connectivity index (χ1v) is 12.6. The smallest absolute Gasteiger partial charge is 0.213 e. The highest BCUT2D eigenvalue weighted by molar-refractivity contribution is 9.10. The molecule has 0 aliphatic carbocycles. The molecule has 0 amide bonds. The summed E-state index contributed by atoms with van der Waals surface area (Å²) in [6.07, 6.45) is 0. The summed E-state index contributed by atoms with van der Waals surface area (Å²) >= 11 is 3.62. The lowest BCUT2D eigenvalue weighted by atomic mass is 10.1. The highest BCUT2D eigenvalue weighted by atomic mass is 79.9. The molecule has 0 saturated carbocycles. The van der Waals surface area contributed by atoms with Gasteiger partial charge in [-0.3, -0.25) is 0 Å². The van der Waals surface area contributed by atoms with Gasteiger partial charge >= 0.3 is 0 Å². The maximum atomic E-state index is 10.5. The van der Waals surface area contributed by atoms with Gasteiger partial charge in [0.2, 0.25) is 5.69 Å². The molecule has 0 fully saturated rings. The molecule has 2 heterocycles. The van der Waals surface area contributed by atoms with Crippen LogP contribution < -0.4 is 0 Å². The Morgan fingerprint density at radius 1 is 0.622 bits per heavy atom. The molecule has 0 aliphatic heterocycles. The molecular formula is C32H17BrN4. The number of rotatable bonds is 2. The first kappa shape index (κ1) is 21.4. The standard InChI is InChI=1S/C32H17BrN4/c1-35-26-18-25(33)24(19-34)31(36-27-14-6-2-10-20(27)21-11-3-7-15-28(21)36)32(26)37-29-16-8-4-12-22(29)23-13-5-9-17-30(23)37/h2-18H. The van der Waals surface area contributed by atoms with Crippen molar-refractivity contribution in [2.45, 2.75) is 0 Å². The number of aromatic nitrogens is 2. The van der Waals surface area contributed by atoms with Gasteiger partial charge in [-0.25, -0.2) is 4.85 Å². The second-order valence-corrected chi connectivity index (χ2v) is 9.77. The molecule has 0 saturated heterocycles. The van der Waals surface area contributed by atoms with E-state index in [9.17, 15) is 5.26 Å². The molecule has 0 radical (unpaired) electrons. The summed E-state index contributed by atoms with van der Waals surface area (Å²) < 4.78 is 4.88. The van der Waals surface area contributed by atoms with Gasteiger partial charge in [0.25, 0.3) is 0 Å². The summed E-state index contributed by atoms with van der Waals surface area (Å²) in [7, 11) is 0. The van der Waals surface area contributed by atoms with Crippen LogP contribution in [0, 0.1) is 17.9 Å². The zero-order chi connectivity index (χ0) is 25.1. The molecule has 5 aromatic carbocycles. The van der Waals surface area contributed by atoms with Gasteiger partial charge in [-0.2, -0.15) is 5.26 Å². The molecule has 2 aromatic heterocycles. The summed E-state index contributed by atoms with van der Waals surface area (Å²) in [5, 5.41) is 14.9. The molecule has 37 heavy (non-hydrogen) atoms. The average Bonchev–Trinajstić information content (AvgIpc) is 3.45. The number of halogens is 1. The van der Waals surface area contributed by atoms with Crippen molar-refractivity contribution in [1.29, 1.82) is 5.26 Å². The zero-order valence-corrected chi connectivity index (χ0v) is 21.1. The van der Waals surface area contributed by atoms with Gasteiger partial charge in [-0.1, -0.05) is 88.7 Å². The fourth-order valence-corrected chi connectivity index (χ4v) is 6.06. The van der Waals surface area contributed by atoms with Crippen LogP contribution in [-0.4, -0.2) is 9.13 Å². The number of nitriles is 1. The Kier molecular flexibility index (Phi) is 4.69. The van der Waals surface area contributed by atoms with Crippen LogP contribution in [0.4, 0.5) is 5.69 Å². The van der Waals surface area contributed by atoms with Crippen molar-refractivity contribution in [3.05, 3.63) is 125 Å². The summed E-state index contributed by atoms with van der Waals surface area (Å²) in [6.45, 7) is 8.17. The first-order chi connectivity index (χ1) is 18.2. The van der Waals surface area contributed by atoms with Crippen molar-refractivity contribution in [2.24, 2.45) is 0 Å². The van der Waals surface area contributed by atoms with Crippen LogP contribution in [0.3, 0.4) is 0 Å². The van der Waals surface area contributed by atoms with Crippen LogP contribution in [0.5, 0.6) is 0 Å². The Balaban J connectivity index is 1.78. The molecule has 0 bridgehead atoms. The highest BCUT2D eigenvalue weighted by Gasteiger charge is 2.26. The number of fused-ring (bicyclic) bond motifs is 6. The molecule has 0 aliphatic rings. The van der Waals surface area contributed by atoms with Crippen molar-refractivity contribution in [1.82, 2.24) is 9.13 Å². The van der Waals surface area contributed by atoms with Gasteiger partial charge < -0.3 is 9.13 Å². The quantitative estimate of drug-likeness (QED) is 0.203. The Hall–Kier alpha value is -4.84. The number of nitrogens with zero attached hydrogens (tertiary/aromatic N) is 4. The Morgan fingerprint density at radius 3 is 1.38 bits per heavy atom. The van der Waals surface area contributed by atoms with E-state index in [4.69, 9.17) is 6.57 Å². The highest BCUT2D eigenvalue weighted by Crippen LogP contribution is 2.44. The van der Waals surface area contributed by atoms with Crippen LogP contribution >= 0.6 is 15.9 Å². The molecule has 172 valence electrons. The second kappa shape index (κ2) is 8.10. The molecule has 7 rings (SSSR count). The van der Waals surface area contributed by atoms with Crippen molar-refractivity contribution < 1.29 is 0 Å². The second-order valence-electron chi connectivity index (χ2n) is 8.91. The number of hydrogen-bond donors (Lipinski definition) is 0. The van der Waals surface area contributed by atoms with Crippen LogP contribution in [-0.2, 0) is 0 Å². The summed E-state index contributed by atoms with van der Waals surface area (Å²) in [6, 6.07) is 37.1. The third-order valence-corrected chi connectivity index (χ3v) is 7.67. The summed E-state index contributed by atoms with van der Waals surface area (Å²) in [5.41, 5.74) is 6.27. The molecule has 7 aromatic rings. The largest absolute Gasteiger partial charge is 0.317 e. The molecule has 0 N–H and O–H groups in total. The van der Waals surface area contributed by atoms with E-state index < -0.39 is 0 Å². The minimum absolute atomic E-state index is 0.467. The van der Waals surface area contributed by atoms with Crippen LogP contribution in [0.15, 0.2) is 108 Å². The fraction of sp³-hybridized carbons (Fsp3) is 0. The van der Waals surface area contributed by atoms with Crippen LogP contribution in [0.1, 0.15) is 5.56 Å². The predicted molar refractivity (Wildman–Crippen MR) is 154 cm³/mol. The third kappa shape index (κ3) is 2.93. The third-order valence-electron chi connectivity index (χ3n) is 7.05. The van der Waals surface area contributed by atoms with E-state index >= 15 is 0 Å². The monoisotopic (exact) mass is 536 g/mol. The van der Waals surface area contributed by atoms with Gasteiger partial charge in [0.1, 0.15) is 6.07 Å². The summed E-state index contributed by atoms with van der Waals surface area (Å²) in [4.78, 5) is 3.98. The van der Waals surface area contributed by atoms with Gasteiger partial charge in [0.05, 0.1) is 45.6 Å². The Morgan fingerprint density at radius 2 is 1.00 bits per heavy atom. The number of hydrogen-bond acceptors (Lipinski definition) is 1. The maximum Gasteiger partial charge on any atom is 0.213 e. The van der Waals surface area contributed by atoms with Gasteiger partial charge in [0, 0.05) is 26.0 Å². The van der Waals surface area contributed by atoms with Crippen LogP contribution in [0.2, 0.25) is 0 Å². The number of para-hydroxylation sites is 4. The lowest BCUT2D eigenvalue weighted by molar-refractivity contribution is 1.09. The van der Waals surface area contributed by atoms with Crippen LogP contribution in [0.25, 0.3) is 59.8 Å². The minimum Gasteiger partial charge on any atom is -0.317 e. The van der Waals surface area contributed by atoms with E-state index in [2.05, 4.69) is 84.5 Å². The van der Waals surface area contributed by atoms with E-state index in [-0.39, 0.29) is 0 Å². The Labute approximate surface area is 221 Å². The maximum absolute atomic E-state index is 10.5. The predicted octanol–water partition coefficient (Wildman–Crippen LogP) is 9.07. The first-order valence-electron chi connectivity index (χ1n) is 11.8. The van der Waals surface area contributed by atoms with Gasteiger partial charge in [-0.05, 0) is 30.3 Å². The Bertz CT molecular complexity index is 2030. The topological polar surface area (TPSA) is 38.0 Å². The van der Waals surface area contributed by atoms with E-state index in [0.29, 0.717) is 27.1 Å².